The van der Waals surface area contributed by atoms with Crippen LogP contribution < -0.4 is 10.2 Å². The van der Waals surface area contributed by atoms with Crippen molar-refractivity contribution in [2.45, 2.75) is 26.4 Å². The Morgan fingerprint density at radius 3 is 2.71 bits per heavy atom. The molecular formula is C17H22BrN3. The molecule has 2 rings (SSSR count). The first-order valence-electron chi connectivity index (χ1n) is 7.11. The summed E-state index contributed by atoms with van der Waals surface area (Å²) < 4.78 is 1.10. The molecule has 4 heteroatoms. The SMILES string of the molecule is CNC(C)c1cc(Br)ccc1N(C)Cc1cccc(C)n1. The number of anilines is 1. The Kier molecular flexibility index (Phi) is 5.37. The maximum absolute atomic E-state index is 4.58. The Morgan fingerprint density at radius 1 is 1.29 bits per heavy atom. The van der Waals surface area contributed by atoms with Gasteiger partial charge in [-0.15, -0.1) is 0 Å². The van der Waals surface area contributed by atoms with Gasteiger partial charge in [-0.2, -0.15) is 0 Å². The third-order valence-corrected chi connectivity index (χ3v) is 4.14. The van der Waals surface area contributed by atoms with Crippen molar-refractivity contribution in [3.63, 3.8) is 0 Å². The lowest BCUT2D eigenvalue weighted by atomic mass is 10.1. The van der Waals surface area contributed by atoms with Crippen LogP contribution in [-0.4, -0.2) is 19.1 Å². The van der Waals surface area contributed by atoms with E-state index in [0.29, 0.717) is 6.04 Å². The molecule has 1 N–H and O–H groups in total. The van der Waals surface area contributed by atoms with E-state index < -0.39 is 0 Å². The molecule has 2 aromatic rings. The van der Waals surface area contributed by atoms with Crippen molar-refractivity contribution in [2.75, 3.05) is 19.0 Å². The highest BCUT2D eigenvalue weighted by Crippen LogP contribution is 2.29. The molecule has 1 aromatic heterocycles. The molecule has 112 valence electrons. The average Bonchev–Trinajstić information content (AvgIpc) is 2.46. The third-order valence-electron chi connectivity index (χ3n) is 3.65. The van der Waals surface area contributed by atoms with Crippen LogP contribution in [0.3, 0.4) is 0 Å². The van der Waals surface area contributed by atoms with Gasteiger partial charge in [0.05, 0.1) is 12.2 Å². The van der Waals surface area contributed by atoms with Crippen LogP contribution in [-0.2, 0) is 6.54 Å². The van der Waals surface area contributed by atoms with Gasteiger partial charge in [-0.1, -0.05) is 22.0 Å². The highest BCUT2D eigenvalue weighted by molar-refractivity contribution is 9.10. The maximum Gasteiger partial charge on any atom is 0.0600 e. The predicted octanol–water partition coefficient (Wildman–Crippen LogP) is 4.07. The minimum atomic E-state index is 0.297. The molecule has 3 nitrogen and oxygen atoms in total. The first-order chi connectivity index (χ1) is 10.0. The summed E-state index contributed by atoms with van der Waals surface area (Å²) in [6.45, 7) is 4.99. The standard InChI is InChI=1S/C17H22BrN3/c1-12-6-5-7-15(20-12)11-21(4)17-9-8-14(18)10-16(17)13(2)19-3/h5-10,13,19H,11H2,1-4H3. The molecule has 0 aliphatic carbocycles. The lowest BCUT2D eigenvalue weighted by Crippen LogP contribution is -2.22. The topological polar surface area (TPSA) is 28.2 Å². The Balaban J connectivity index is 2.28. The van der Waals surface area contributed by atoms with Crippen molar-refractivity contribution in [3.05, 3.63) is 57.8 Å². The number of aromatic nitrogens is 1. The van der Waals surface area contributed by atoms with Crippen molar-refractivity contribution in [3.8, 4) is 0 Å². The molecule has 1 atom stereocenters. The van der Waals surface area contributed by atoms with Gasteiger partial charge in [0.15, 0.2) is 0 Å². The van der Waals surface area contributed by atoms with E-state index in [4.69, 9.17) is 0 Å². The summed E-state index contributed by atoms with van der Waals surface area (Å²) in [5.41, 5.74) is 4.65. The Hall–Kier alpha value is -1.39. The minimum Gasteiger partial charge on any atom is -0.368 e. The maximum atomic E-state index is 4.58. The third kappa shape index (κ3) is 4.05. The number of hydrogen-bond acceptors (Lipinski definition) is 3. The first kappa shape index (κ1) is 16.0. The molecule has 0 aliphatic rings. The summed E-state index contributed by atoms with van der Waals surface area (Å²) in [4.78, 5) is 6.83. The Labute approximate surface area is 135 Å². The van der Waals surface area contributed by atoms with E-state index >= 15 is 0 Å². The highest BCUT2D eigenvalue weighted by atomic mass is 79.9. The van der Waals surface area contributed by atoms with Crippen molar-refractivity contribution in [1.29, 1.82) is 0 Å². The van der Waals surface area contributed by atoms with Gasteiger partial charge in [0, 0.05) is 28.9 Å². The fourth-order valence-corrected chi connectivity index (χ4v) is 2.77. The molecule has 1 unspecified atom stereocenters. The second-order valence-electron chi connectivity index (χ2n) is 5.34. The fraction of sp³-hybridized carbons (Fsp3) is 0.353. The fourth-order valence-electron chi connectivity index (χ4n) is 2.39. The zero-order chi connectivity index (χ0) is 15.4. The largest absolute Gasteiger partial charge is 0.368 e. The Morgan fingerprint density at radius 2 is 2.05 bits per heavy atom. The molecule has 0 amide bonds. The quantitative estimate of drug-likeness (QED) is 0.883. The second-order valence-corrected chi connectivity index (χ2v) is 6.26. The van der Waals surface area contributed by atoms with Gasteiger partial charge < -0.3 is 10.2 Å². The van der Waals surface area contributed by atoms with Crippen molar-refractivity contribution in [2.24, 2.45) is 0 Å². The van der Waals surface area contributed by atoms with Crippen molar-refractivity contribution in [1.82, 2.24) is 10.3 Å². The smallest absolute Gasteiger partial charge is 0.0600 e. The van der Waals surface area contributed by atoms with E-state index in [1.54, 1.807) is 0 Å². The average molecular weight is 348 g/mol. The summed E-state index contributed by atoms with van der Waals surface area (Å²) in [5.74, 6) is 0. The van der Waals surface area contributed by atoms with Crippen LogP contribution >= 0.6 is 15.9 Å². The van der Waals surface area contributed by atoms with E-state index in [-0.39, 0.29) is 0 Å². The summed E-state index contributed by atoms with van der Waals surface area (Å²) in [6, 6.07) is 12.9. The van der Waals surface area contributed by atoms with Gasteiger partial charge in [0.25, 0.3) is 0 Å². The van der Waals surface area contributed by atoms with Crippen molar-refractivity contribution < 1.29 is 0 Å². The van der Waals surface area contributed by atoms with E-state index in [9.17, 15) is 0 Å². The van der Waals surface area contributed by atoms with Crippen LogP contribution in [0.2, 0.25) is 0 Å². The monoisotopic (exact) mass is 347 g/mol. The number of pyridine rings is 1. The number of rotatable bonds is 5. The number of nitrogens with zero attached hydrogens (tertiary/aromatic N) is 2. The normalized spacial score (nSPS) is 12.2. The molecule has 0 fully saturated rings. The Bertz CT molecular complexity index is 613. The van der Waals surface area contributed by atoms with Crippen LogP contribution in [0.25, 0.3) is 0 Å². The number of hydrogen-bond donors (Lipinski definition) is 1. The summed E-state index contributed by atoms with van der Waals surface area (Å²) >= 11 is 3.56. The van der Waals surface area contributed by atoms with Crippen LogP contribution in [0.5, 0.6) is 0 Å². The molecule has 0 saturated heterocycles. The molecule has 1 heterocycles. The molecule has 21 heavy (non-hydrogen) atoms. The van der Waals surface area contributed by atoms with Crippen molar-refractivity contribution >= 4 is 21.6 Å². The summed E-state index contributed by atoms with van der Waals surface area (Å²) in [7, 11) is 4.09. The van der Waals surface area contributed by atoms with Gasteiger partial charge >= 0.3 is 0 Å². The lowest BCUT2D eigenvalue weighted by molar-refractivity contribution is 0.649. The van der Waals surface area contributed by atoms with Gasteiger partial charge in [0.1, 0.15) is 0 Å². The molecule has 0 saturated carbocycles. The molecule has 1 aromatic carbocycles. The van der Waals surface area contributed by atoms with Crippen LogP contribution in [0, 0.1) is 6.92 Å². The number of halogens is 1. The van der Waals surface area contributed by atoms with Gasteiger partial charge in [0.2, 0.25) is 0 Å². The zero-order valence-corrected chi connectivity index (χ0v) is 14.6. The molecule has 0 spiro atoms. The van der Waals surface area contributed by atoms with E-state index in [1.165, 1.54) is 11.3 Å². The minimum absolute atomic E-state index is 0.297. The number of benzene rings is 1. The van der Waals surface area contributed by atoms with Gasteiger partial charge in [-0.05, 0) is 56.8 Å². The molecular weight excluding hydrogens is 326 g/mol. The lowest BCUT2D eigenvalue weighted by Gasteiger charge is -2.25. The van der Waals surface area contributed by atoms with E-state index in [1.807, 2.05) is 20.0 Å². The van der Waals surface area contributed by atoms with E-state index in [2.05, 4.69) is 75.4 Å². The number of nitrogens with one attached hydrogen (secondary N) is 1. The second kappa shape index (κ2) is 7.05. The van der Waals surface area contributed by atoms with Crippen LogP contribution in [0.4, 0.5) is 5.69 Å². The molecule has 0 bridgehead atoms. The van der Waals surface area contributed by atoms with Gasteiger partial charge in [-0.25, -0.2) is 0 Å². The summed E-state index contributed by atoms with van der Waals surface area (Å²) in [5, 5.41) is 3.31. The predicted molar refractivity (Wildman–Crippen MR) is 92.7 cm³/mol. The number of aryl methyl sites for hydroxylation is 1. The molecule has 0 radical (unpaired) electrons. The van der Waals surface area contributed by atoms with Crippen LogP contribution in [0.15, 0.2) is 40.9 Å². The van der Waals surface area contributed by atoms with E-state index in [0.717, 1.165) is 22.4 Å². The molecule has 0 aliphatic heterocycles. The van der Waals surface area contributed by atoms with Gasteiger partial charge in [-0.3, -0.25) is 4.98 Å². The van der Waals surface area contributed by atoms with Crippen LogP contribution in [0.1, 0.15) is 29.9 Å². The first-order valence-corrected chi connectivity index (χ1v) is 7.91. The summed E-state index contributed by atoms with van der Waals surface area (Å²) in [6.07, 6.45) is 0. The highest BCUT2D eigenvalue weighted by Gasteiger charge is 2.13. The zero-order valence-electron chi connectivity index (χ0n) is 13.0.